The predicted molar refractivity (Wildman–Crippen MR) is 72.8 cm³/mol. The summed E-state index contributed by atoms with van der Waals surface area (Å²) in [7, 11) is 0. The molecule has 3 nitrogen and oxygen atoms in total. The van der Waals surface area contributed by atoms with Gasteiger partial charge in [-0.15, -0.1) is 0 Å². The zero-order valence-corrected chi connectivity index (χ0v) is 11.1. The summed E-state index contributed by atoms with van der Waals surface area (Å²) in [5.74, 6) is 0.854. The average molecular weight is 246 g/mol. The van der Waals surface area contributed by atoms with E-state index in [1.54, 1.807) is 0 Å². The van der Waals surface area contributed by atoms with Gasteiger partial charge in [-0.05, 0) is 23.5 Å². The second kappa shape index (κ2) is 6.01. The van der Waals surface area contributed by atoms with E-state index in [-0.39, 0.29) is 0 Å². The smallest absolute Gasteiger partial charge is 0.223 e. The molecule has 0 saturated carbocycles. The molecule has 1 aromatic rings. The molecular formula is C15H22N2O. The van der Waals surface area contributed by atoms with Crippen molar-refractivity contribution in [2.75, 3.05) is 6.54 Å². The predicted octanol–water partition coefficient (Wildman–Crippen LogP) is 2.29. The van der Waals surface area contributed by atoms with Gasteiger partial charge in [-0.1, -0.05) is 37.6 Å². The quantitative estimate of drug-likeness (QED) is 0.866. The second-order valence-electron chi connectivity index (χ2n) is 5.16. The van der Waals surface area contributed by atoms with E-state index in [4.69, 9.17) is 5.73 Å². The molecule has 0 radical (unpaired) electrons. The Hall–Kier alpha value is -1.35. The molecule has 18 heavy (non-hydrogen) atoms. The molecule has 1 atom stereocenters. The number of nitrogens with zero attached hydrogens (tertiary/aromatic N) is 1. The van der Waals surface area contributed by atoms with Gasteiger partial charge in [0.15, 0.2) is 0 Å². The molecule has 1 aliphatic heterocycles. The molecule has 1 amide bonds. The lowest BCUT2D eigenvalue weighted by Crippen LogP contribution is -2.24. The van der Waals surface area contributed by atoms with E-state index in [1.807, 2.05) is 17.0 Å². The zero-order chi connectivity index (χ0) is 13.0. The van der Waals surface area contributed by atoms with Crippen molar-refractivity contribution in [2.45, 2.75) is 39.3 Å². The number of likely N-dealkylation sites (tertiary alicyclic amines) is 1. The molecule has 1 saturated heterocycles. The molecule has 0 aromatic heterocycles. The third-order valence-corrected chi connectivity index (χ3v) is 3.59. The van der Waals surface area contributed by atoms with E-state index in [1.165, 1.54) is 5.56 Å². The summed E-state index contributed by atoms with van der Waals surface area (Å²) in [6.45, 7) is 4.38. The van der Waals surface area contributed by atoms with Crippen LogP contribution in [0.15, 0.2) is 24.3 Å². The normalized spacial score (nSPS) is 19.6. The molecule has 1 unspecified atom stereocenters. The molecule has 1 heterocycles. The maximum atomic E-state index is 11.9. The Morgan fingerprint density at radius 1 is 1.39 bits per heavy atom. The van der Waals surface area contributed by atoms with Crippen LogP contribution in [0.2, 0.25) is 0 Å². The fourth-order valence-corrected chi connectivity index (χ4v) is 2.68. The molecule has 98 valence electrons. The van der Waals surface area contributed by atoms with Gasteiger partial charge in [0.25, 0.3) is 0 Å². The third-order valence-electron chi connectivity index (χ3n) is 3.59. The molecule has 0 aliphatic carbocycles. The van der Waals surface area contributed by atoms with E-state index in [0.29, 0.717) is 18.4 Å². The number of hydrogen-bond donors (Lipinski definition) is 1. The molecule has 0 bridgehead atoms. The van der Waals surface area contributed by atoms with Crippen LogP contribution in [0.3, 0.4) is 0 Å². The first-order chi connectivity index (χ1) is 8.72. The Labute approximate surface area is 109 Å². The van der Waals surface area contributed by atoms with Crippen LogP contribution in [0.25, 0.3) is 0 Å². The SMILES string of the molecule is CCCC1CC(=O)N(Cc2cccc(CN)c2)C1. The first-order valence-corrected chi connectivity index (χ1v) is 6.78. The van der Waals surface area contributed by atoms with Crippen LogP contribution in [0.5, 0.6) is 0 Å². The minimum absolute atomic E-state index is 0.298. The monoisotopic (exact) mass is 246 g/mol. The standard InChI is InChI=1S/C15H22N2O/c1-2-4-13-8-15(18)17(10-13)11-14-6-3-5-12(7-14)9-16/h3,5-7,13H,2,4,8-11,16H2,1H3. The van der Waals surface area contributed by atoms with Gasteiger partial charge in [-0.3, -0.25) is 4.79 Å². The van der Waals surface area contributed by atoms with Crippen LogP contribution in [-0.2, 0) is 17.9 Å². The van der Waals surface area contributed by atoms with Gasteiger partial charge in [-0.25, -0.2) is 0 Å². The van der Waals surface area contributed by atoms with Crippen molar-refractivity contribution in [3.8, 4) is 0 Å². The minimum atomic E-state index is 0.298. The largest absolute Gasteiger partial charge is 0.338 e. The lowest BCUT2D eigenvalue weighted by Gasteiger charge is -2.17. The van der Waals surface area contributed by atoms with Gasteiger partial charge in [0.05, 0.1) is 0 Å². The Kier molecular flexibility index (Phi) is 4.37. The minimum Gasteiger partial charge on any atom is -0.338 e. The van der Waals surface area contributed by atoms with Crippen LogP contribution in [0.1, 0.15) is 37.3 Å². The van der Waals surface area contributed by atoms with Gasteiger partial charge in [0.2, 0.25) is 5.91 Å². The van der Waals surface area contributed by atoms with E-state index in [2.05, 4.69) is 19.1 Å². The van der Waals surface area contributed by atoms with Crippen LogP contribution < -0.4 is 5.73 Å². The maximum absolute atomic E-state index is 11.9. The van der Waals surface area contributed by atoms with Gasteiger partial charge in [0, 0.05) is 26.1 Å². The Bertz CT molecular complexity index is 417. The van der Waals surface area contributed by atoms with E-state index < -0.39 is 0 Å². The molecule has 2 N–H and O–H groups in total. The van der Waals surface area contributed by atoms with Crippen molar-refractivity contribution in [3.05, 3.63) is 35.4 Å². The maximum Gasteiger partial charge on any atom is 0.223 e. The van der Waals surface area contributed by atoms with Crippen molar-refractivity contribution >= 4 is 5.91 Å². The number of benzene rings is 1. The highest BCUT2D eigenvalue weighted by Gasteiger charge is 2.28. The molecule has 1 aliphatic rings. The van der Waals surface area contributed by atoms with Crippen LogP contribution in [0.4, 0.5) is 0 Å². The summed E-state index contributed by atoms with van der Waals surface area (Å²) in [5, 5.41) is 0. The first kappa shape index (κ1) is 13.1. The van der Waals surface area contributed by atoms with Crippen molar-refractivity contribution in [2.24, 2.45) is 11.7 Å². The summed E-state index contributed by atoms with van der Waals surface area (Å²) in [6.07, 6.45) is 3.05. The van der Waals surface area contributed by atoms with Crippen LogP contribution in [-0.4, -0.2) is 17.4 Å². The van der Waals surface area contributed by atoms with Gasteiger partial charge < -0.3 is 10.6 Å². The van der Waals surface area contributed by atoms with E-state index >= 15 is 0 Å². The summed E-state index contributed by atoms with van der Waals surface area (Å²) in [4.78, 5) is 13.9. The molecule has 2 rings (SSSR count). The van der Waals surface area contributed by atoms with Crippen LogP contribution >= 0.6 is 0 Å². The van der Waals surface area contributed by atoms with Crippen LogP contribution in [0, 0.1) is 5.92 Å². The highest BCUT2D eigenvalue weighted by Crippen LogP contribution is 2.23. The average Bonchev–Trinajstić information content (AvgIpc) is 2.70. The van der Waals surface area contributed by atoms with Crippen molar-refractivity contribution in [1.82, 2.24) is 4.90 Å². The van der Waals surface area contributed by atoms with E-state index in [0.717, 1.165) is 37.9 Å². The number of amides is 1. The summed E-state index contributed by atoms with van der Waals surface area (Å²) >= 11 is 0. The topological polar surface area (TPSA) is 46.3 Å². The van der Waals surface area contributed by atoms with Gasteiger partial charge in [-0.2, -0.15) is 0 Å². The molecule has 3 heteroatoms. The highest BCUT2D eigenvalue weighted by atomic mass is 16.2. The van der Waals surface area contributed by atoms with Gasteiger partial charge >= 0.3 is 0 Å². The van der Waals surface area contributed by atoms with Crippen molar-refractivity contribution < 1.29 is 4.79 Å². The highest BCUT2D eigenvalue weighted by molar-refractivity contribution is 5.78. The molecule has 1 aromatic carbocycles. The second-order valence-corrected chi connectivity index (χ2v) is 5.16. The number of rotatable bonds is 5. The lowest BCUT2D eigenvalue weighted by atomic mass is 10.0. The summed E-state index contributed by atoms with van der Waals surface area (Å²) < 4.78 is 0. The number of carbonyl (C=O) groups excluding carboxylic acids is 1. The number of nitrogens with two attached hydrogens (primary N) is 1. The number of hydrogen-bond acceptors (Lipinski definition) is 2. The Morgan fingerprint density at radius 3 is 2.89 bits per heavy atom. The Balaban J connectivity index is 1.98. The molecule has 0 spiro atoms. The zero-order valence-electron chi connectivity index (χ0n) is 11.1. The number of carbonyl (C=O) groups is 1. The fraction of sp³-hybridized carbons (Fsp3) is 0.533. The summed E-state index contributed by atoms with van der Waals surface area (Å²) in [5.41, 5.74) is 7.95. The van der Waals surface area contributed by atoms with Crippen molar-refractivity contribution in [1.29, 1.82) is 0 Å². The van der Waals surface area contributed by atoms with E-state index in [9.17, 15) is 4.79 Å². The lowest BCUT2D eigenvalue weighted by molar-refractivity contribution is -0.128. The summed E-state index contributed by atoms with van der Waals surface area (Å²) in [6, 6.07) is 8.21. The van der Waals surface area contributed by atoms with Gasteiger partial charge in [0.1, 0.15) is 0 Å². The first-order valence-electron chi connectivity index (χ1n) is 6.78. The van der Waals surface area contributed by atoms with Crippen molar-refractivity contribution in [3.63, 3.8) is 0 Å². The third kappa shape index (κ3) is 3.10. The Morgan fingerprint density at radius 2 is 2.17 bits per heavy atom. The fourth-order valence-electron chi connectivity index (χ4n) is 2.68. The molecular weight excluding hydrogens is 224 g/mol. The molecule has 1 fully saturated rings.